The Morgan fingerprint density at radius 1 is 1.17 bits per heavy atom. The summed E-state index contributed by atoms with van der Waals surface area (Å²) in [6, 6.07) is 11.2. The van der Waals surface area contributed by atoms with E-state index >= 15 is 0 Å². The average molecular weight is 329 g/mol. The van der Waals surface area contributed by atoms with Crippen LogP contribution in [-0.2, 0) is 4.79 Å². The van der Waals surface area contributed by atoms with Crippen LogP contribution in [0.3, 0.4) is 0 Å². The lowest BCUT2D eigenvalue weighted by atomic mass is 9.91. The molecule has 7 heteroatoms. The fraction of sp³-hybridized carbons (Fsp3) is 0.353. The topological polar surface area (TPSA) is 95.7 Å². The molecule has 2 aromatic rings. The number of likely N-dealkylation sites (tertiary alicyclic amines) is 1. The first kappa shape index (κ1) is 16.2. The molecule has 0 saturated carbocycles. The first-order valence-electron chi connectivity index (χ1n) is 7.78. The molecule has 1 aliphatic rings. The Hall–Kier alpha value is -2.67. The second-order valence-electron chi connectivity index (χ2n) is 6.05. The van der Waals surface area contributed by atoms with Crippen molar-refractivity contribution in [3.05, 3.63) is 47.8 Å². The molecule has 3 rings (SSSR count). The van der Waals surface area contributed by atoms with Gasteiger partial charge in [0, 0.05) is 31.6 Å². The van der Waals surface area contributed by atoms with E-state index in [4.69, 9.17) is 5.11 Å². The minimum atomic E-state index is -1.74. The van der Waals surface area contributed by atoms with E-state index in [1.807, 2.05) is 37.3 Å². The molecule has 0 spiro atoms. The van der Waals surface area contributed by atoms with Crippen LogP contribution in [0.15, 0.2) is 36.4 Å². The van der Waals surface area contributed by atoms with E-state index in [0.717, 1.165) is 11.4 Å². The smallest absolute Gasteiger partial charge is 0.335 e. The summed E-state index contributed by atoms with van der Waals surface area (Å²) in [4.78, 5) is 25.2. The minimum Gasteiger partial charge on any atom is -0.479 e. The summed E-state index contributed by atoms with van der Waals surface area (Å²) >= 11 is 0. The molecule has 0 atom stereocenters. The van der Waals surface area contributed by atoms with E-state index < -0.39 is 11.6 Å². The summed E-state index contributed by atoms with van der Waals surface area (Å²) in [7, 11) is 0. The standard InChI is InChI=1S/C17H19N3O4/c1-12-11-14(18-20(12)13-5-3-2-4-6-13)15(21)19-9-7-17(24,8-10-19)16(22)23/h2-6,11,24H,7-10H2,1H3,(H,22,23). The normalized spacial score (nSPS) is 16.8. The highest BCUT2D eigenvalue weighted by atomic mass is 16.4. The van der Waals surface area contributed by atoms with E-state index in [9.17, 15) is 14.7 Å². The highest BCUT2D eigenvalue weighted by Gasteiger charge is 2.40. The van der Waals surface area contributed by atoms with Gasteiger partial charge in [-0.1, -0.05) is 18.2 Å². The van der Waals surface area contributed by atoms with Gasteiger partial charge in [0.05, 0.1) is 5.69 Å². The molecular formula is C17H19N3O4. The number of amides is 1. The van der Waals surface area contributed by atoms with E-state index in [1.165, 1.54) is 4.90 Å². The van der Waals surface area contributed by atoms with Crippen molar-refractivity contribution in [3.63, 3.8) is 0 Å². The van der Waals surface area contributed by atoms with Gasteiger partial charge in [0.1, 0.15) is 0 Å². The Kier molecular flexibility index (Phi) is 4.11. The second-order valence-corrected chi connectivity index (χ2v) is 6.05. The number of benzene rings is 1. The zero-order valence-corrected chi connectivity index (χ0v) is 13.3. The van der Waals surface area contributed by atoms with Crippen molar-refractivity contribution >= 4 is 11.9 Å². The average Bonchev–Trinajstić information content (AvgIpc) is 2.97. The van der Waals surface area contributed by atoms with E-state index in [-0.39, 0.29) is 31.8 Å². The van der Waals surface area contributed by atoms with Gasteiger partial charge in [0.25, 0.3) is 5.91 Å². The van der Waals surface area contributed by atoms with Crippen molar-refractivity contribution < 1.29 is 19.8 Å². The number of aliphatic hydroxyl groups is 1. The number of aryl methyl sites for hydroxylation is 1. The molecule has 0 bridgehead atoms. The monoisotopic (exact) mass is 329 g/mol. The van der Waals surface area contributed by atoms with E-state index in [1.54, 1.807) is 10.7 Å². The maximum Gasteiger partial charge on any atom is 0.335 e. The Morgan fingerprint density at radius 3 is 2.38 bits per heavy atom. The molecule has 1 fully saturated rings. The maximum absolute atomic E-state index is 12.6. The lowest BCUT2D eigenvalue weighted by molar-refractivity contribution is -0.162. The highest BCUT2D eigenvalue weighted by molar-refractivity contribution is 5.92. The molecule has 7 nitrogen and oxygen atoms in total. The van der Waals surface area contributed by atoms with Crippen LogP contribution in [0.5, 0.6) is 0 Å². The quantitative estimate of drug-likeness (QED) is 0.883. The highest BCUT2D eigenvalue weighted by Crippen LogP contribution is 2.24. The molecule has 1 amide bonds. The number of carbonyl (C=O) groups excluding carboxylic acids is 1. The molecular weight excluding hydrogens is 310 g/mol. The van der Waals surface area contributed by atoms with Gasteiger partial charge in [0.15, 0.2) is 11.3 Å². The first-order chi connectivity index (χ1) is 11.4. The van der Waals surface area contributed by atoms with Gasteiger partial charge >= 0.3 is 5.97 Å². The Morgan fingerprint density at radius 2 is 1.79 bits per heavy atom. The zero-order valence-electron chi connectivity index (χ0n) is 13.3. The summed E-state index contributed by atoms with van der Waals surface area (Å²) in [5.41, 5.74) is 0.282. The van der Waals surface area contributed by atoms with Crippen molar-refractivity contribution in [1.29, 1.82) is 0 Å². The van der Waals surface area contributed by atoms with Gasteiger partial charge in [-0.05, 0) is 25.1 Å². The second kappa shape index (κ2) is 6.09. The molecule has 0 unspecified atom stereocenters. The fourth-order valence-electron chi connectivity index (χ4n) is 2.87. The number of carbonyl (C=O) groups is 2. The van der Waals surface area contributed by atoms with E-state index in [0.29, 0.717) is 5.69 Å². The van der Waals surface area contributed by atoms with Gasteiger partial charge in [-0.2, -0.15) is 5.10 Å². The number of rotatable bonds is 3. The van der Waals surface area contributed by atoms with Crippen molar-refractivity contribution in [1.82, 2.24) is 14.7 Å². The Bertz CT molecular complexity index is 761. The summed E-state index contributed by atoms with van der Waals surface area (Å²) in [5.74, 6) is -1.49. The summed E-state index contributed by atoms with van der Waals surface area (Å²) in [5, 5.41) is 23.4. The number of aliphatic carboxylic acids is 1. The molecule has 1 aromatic carbocycles. The molecule has 0 radical (unpaired) electrons. The van der Waals surface area contributed by atoms with Crippen LogP contribution in [0.2, 0.25) is 0 Å². The third-order valence-electron chi connectivity index (χ3n) is 4.38. The van der Waals surface area contributed by atoms with Crippen molar-refractivity contribution in [2.45, 2.75) is 25.4 Å². The summed E-state index contributed by atoms with van der Waals surface area (Å²) in [6.45, 7) is 2.26. The summed E-state index contributed by atoms with van der Waals surface area (Å²) in [6.07, 6.45) is 0.0406. The van der Waals surface area contributed by atoms with Crippen LogP contribution in [0.1, 0.15) is 29.0 Å². The number of carboxylic acid groups (broad SMARTS) is 1. The molecule has 1 saturated heterocycles. The molecule has 1 aliphatic heterocycles. The van der Waals surface area contributed by atoms with Gasteiger partial charge in [0.2, 0.25) is 0 Å². The lowest BCUT2D eigenvalue weighted by Crippen LogP contribution is -2.50. The molecule has 1 aromatic heterocycles. The van der Waals surface area contributed by atoms with Crippen LogP contribution < -0.4 is 0 Å². The van der Waals surface area contributed by atoms with Gasteiger partial charge in [-0.25, -0.2) is 9.48 Å². The number of hydrogen-bond acceptors (Lipinski definition) is 4. The molecule has 0 aliphatic carbocycles. The Labute approximate surface area is 139 Å². The molecule has 2 heterocycles. The van der Waals surface area contributed by atoms with Crippen LogP contribution in [0.25, 0.3) is 5.69 Å². The number of piperidine rings is 1. The number of nitrogens with zero attached hydrogens (tertiary/aromatic N) is 3. The predicted octanol–water partition coefficient (Wildman–Crippen LogP) is 1.23. The molecule has 24 heavy (non-hydrogen) atoms. The largest absolute Gasteiger partial charge is 0.479 e. The number of para-hydroxylation sites is 1. The molecule has 126 valence electrons. The van der Waals surface area contributed by atoms with E-state index in [2.05, 4.69) is 5.10 Å². The SMILES string of the molecule is Cc1cc(C(=O)N2CCC(O)(C(=O)O)CC2)nn1-c1ccccc1. The fourth-order valence-corrected chi connectivity index (χ4v) is 2.87. The molecule has 2 N–H and O–H groups in total. The minimum absolute atomic E-state index is 0.0203. The Balaban J connectivity index is 1.76. The van der Waals surface area contributed by atoms with Crippen molar-refractivity contribution in [3.8, 4) is 5.69 Å². The number of carboxylic acids is 1. The first-order valence-corrected chi connectivity index (χ1v) is 7.78. The van der Waals surface area contributed by atoms with Crippen molar-refractivity contribution in [2.24, 2.45) is 0 Å². The summed E-state index contributed by atoms with van der Waals surface area (Å²) < 4.78 is 1.70. The third-order valence-corrected chi connectivity index (χ3v) is 4.38. The maximum atomic E-state index is 12.6. The van der Waals surface area contributed by atoms with Crippen molar-refractivity contribution in [2.75, 3.05) is 13.1 Å². The van der Waals surface area contributed by atoms with Gasteiger partial charge in [-0.3, -0.25) is 4.79 Å². The lowest BCUT2D eigenvalue weighted by Gasteiger charge is -2.34. The third kappa shape index (κ3) is 2.90. The van der Waals surface area contributed by atoms with Crippen LogP contribution >= 0.6 is 0 Å². The van der Waals surface area contributed by atoms with Crippen LogP contribution in [0.4, 0.5) is 0 Å². The van der Waals surface area contributed by atoms with Gasteiger partial charge in [-0.15, -0.1) is 0 Å². The number of aromatic nitrogens is 2. The van der Waals surface area contributed by atoms with Crippen LogP contribution in [0, 0.1) is 6.92 Å². The predicted molar refractivity (Wildman–Crippen MR) is 86.0 cm³/mol. The van der Waals surface area contributed by atoms with Crippen LogP contribution in [-0.4, -0.2) is 55.5 Å². The zero-order chi connectivity index (χ0) is 17.3. The number of hydrogen-bond donors (Lipinski definition) is 2. The van der Waals surface area contributed by atoms with Gasteiger partial charge < -0.3 is 15.1 Å².